The molecule has 0 saturated carbocycles. The van der Waals surface area contributed by atoms with Gasteiger partial charge in [-0.25, -0.2) is 0 Å². The molecule has 2 aliphatic rings. The number of amides is 1. The van der Waals surface area contributed by atoms with E-state index in [0.29, 0.717) is 19.6 Å². The summed E-state index contributed by atoms with van der Waals surface area (Å²) in [5.74, 6) is 1.50. The van der Waals surface area contributed by atoms with Crippen LogP contribution in [0.1, 0.15) is 24.0 Å². The number of hydrogen-bond donors (Lipinski definition) is 1. The molecule has 27 heavy (non-hydrogen) atoms. The molecule has 4 rings (SSSR count). The van der Waals surface area contributed by atoms with Crippen molar-refractivity contribution in [3.8, 4) is 11.5 Å². The van der Waals surface area contributed by atoms with Crippen LogP contribution in [0.3, 0.4) is 0 Å². The quantitative estimate of drug-likeness (QED) is 0.883. The minimum Gasteiger partial charge on any atom is -0.497 e. The third-order valence-electron chi connectivity index (χ3n) is 5.39. The van der Waals surface area contributed by atoms with E-state index >= 15 is 0 Å². The second-order valence-corrected chi connectivity index (χ2v) is 7.27. The summed E-state index contributed by atoms with van der Waals surface area (Å²) in [6.45, 7) is 3.21. The van der Waals surface area contributed by atoms with Crippen molar-refractivity contribution in [1.82, 2.24) is 5.32 Å². The molecule has 5 heteroatoms. The Bertz CT molecular complexity index is 815. The van der Waals surface area contributed by atoms with Crippen LogP contribution in [0.2, 0.25) is 0 Å². The number of methoxy groups -OCH3 is 1. The number of nitrogens with zero attached hydrogens (tertiary/aromatic N) is 1. The summed E-state index contributed by atoms with van der Waals surface area (Å²) >= 11 is 0. The number of benzene rings is 2. The minimum atomic E-state index is -0.175. The minimum absolute atomic E-state index is 0.0371. The maximum Gasteiger partial charge on any atom is 0.227 e. The number of hydrogen-bond acceptors (Lipinski definition) is 4. The third kappa shape index (κ3) is 4.02. The molecule has 0 radical (unpaired) electrons. The highest BCUT2D eigenvalue weighted by atomic mass is 16.5. The molecule has 1 amide bonds. The van der Waals surface area contributed by atoms with Crippen LogP contribution in [0.5, 0.6) is 11.5 Å². The molecule has 0 spiro atoms. The number of carbonyl (C=O) groups excluding carboxylic acids is 1. The lowest BCUT2D eigenvalue weighted by atomic mass is 9.95. The monoisotopic (exact) mass is 366 g/mol. The fraction of sp³-hybridized carbons (Fsp3) is 0.409. The van der Waals surface area contributed by atoms with E-state index in [1.165, 1.54) is 18.5 Å². The van der Waals surface area contributed by atoms with Crippen LogP contribution >= 0.6 is 0 Å². The topological polar surface area (TPSA) is 50.8 Å². The van der Waals surface area contributed by atoms with E-state index in [1.807, 2.05) is 18.2 Å². The maximum atomic E-state index is 12.6. The highest BCUT2D eigenvalue weighted by molar-refractivity contribution is 5.79. The van der Waals surface area contributed by atoms with Gasteiger partial charge in [-0.1, -0.05) is 12.1 Å². The zero-order chi connectivity index (χ0) is 18.6. The molecule has 2 heterocycles. The van der Waals surface area contributed by atoms with Crippen molar-refractivity contribution >= 4 is 11.6 Å². The van der Waals surface area contributed by atoms with Gasteiger partial charge in [0.05, 0.1) is 13.0 Å². The highest BCUT2D eigenvalue weighted by Crippen LogP contribution is 2.30. The lowest BCUT2D eigenvalue weighted by molar-refractivity contribution is -0.126. The van der Waals surface area contributed by atoms with Crippen molar-refractivity contribution in [2.45, 2.75) is 25.8 Å². The largest absolute Gasteiger partial charge is 0.497 e. The zero-order valence-corrected chi connectivity index (χ0v) is 15.7. The first-order valence-corrected chi connectivity index (χ1v) is 9.64. The molecule has 0 unspecified atom stereocenters. The van der Waals surface area contributed by atoms with Gasteiger partial charge in [-0.05, 0) is 60.7 Å². The third-order valence-corrected chi connectivity index (χ3v) is 5.39. The summed E-state index contributed by atoms with van der Waals surface area (Å²) in [6, 6.07) is 14.2. The standard InChI is InChI=1S/C22H26N2O3/c1-26-20-7-8-21-17(13-20)12-18(15-27-21)22(25)23-14-16-5-4-6-19(11-16)24-9-2-3-10-24/h4-8,11,13,18H,2-3,9-10,12,14-15H2,1H3,(H,23,25)/t18-/m1/s1. The van der Waals surface area contributed by atoms with Gasteiger partial charge in [-0.3, -0.25) is 4.79 Å². The summed E-state index contributed by atoms with van der Waals surface area (Å²) in [4.78, 5) is 15.1. The summed E-state index contributed by atoms with van der Waals surface area (Å²) < 4.78 is 11.0. The molecule has 1 atom stereocenters. The van der Waals surface area contributed by atoms with Crippen LogP contribution in [-0.4, -0.2) is 32.7 Å². The van der Waals surface area contributed by atoms with Gasteiger partial charge in [0, 0.05) is 25.3 Å². The van der Waals surface area contributed by atoms with Crippen LogP contribution < -0.4 is 19.7 Å². The average Bonchev–Trinajstić information content (AvgIpc) is 3.26. The van der Waals surface area contributed by atoms with Crippen molar-refractivity contribution in [2.24, 2.45) is 5.92 Å². The normalized spacial score (nSPS) is 18.6. The van der Waals surface area contributed by atoms with E-state index in [4.69, 9.17) is 9.47 Å². The Kier molecular flexibility index (Phi) is 5.19. The van der Waals surface area contributed by atoms with E-state index < -0.39 is 0 Å². The van der Waals surface area contributed by atoms with Crippen LogP contribution in [0.4, 0.5) is 5.69 Å². The van der Waals surface area contributed by atoms with Gasteiger partial charge in [-0.2, -0.15) is 0 Å². The van der Waals surface area contributed by atoms with Gasteiger partial charge in [-0.15, -0.1) is 0 Å². The van der Waals surface area contributed by atoms with E-state index in [9.17, 15) is 4.79 Å². The van der Waals surface area contributed by atoms with E-state index in [-0.39, 0.29) is 11.8 Å². The molecule has 0 aliphatic carbocycles. The number of carbonyl (C=O) groups is 1. The van der Waals surface area contributed by atoms with Gasteiger partial charge >= 0.3 is 0 Å². The second-order valence-electron chi connectivity index (χ2n) is 7.27. The molecule has 5 nitrogen and oxygen atoms in total. The fourth-order valence-corrected chi connectivity index (χ4v) is 3.84. The lowest BCUT2D eigenvalue weighted by Crippen LogP contribution is -2.37. The number of anilines is 1. The first kappa shape index (κ1) is 17.7. The Morgan fingerprint density at radius 3 is 2.89 bits per heavy atom. The maximum absolute atomic E-state index is 12.6. The number of nitrogens with one attached hydrogen (secondary N) is 1. The molecular weight excluding hydrogens is 340 g/mol. The van der Waals surface area contributed by atoms with Crippen LogP contribution in [0.25, 0.3) is 0 Å². The molecular formula is C22H26N2O3. The number of fused-ring (bicyclic) bond motifs is 1. The van der Waals surface area contributed by atoms with Gasteiger partial charge in [0.25, 0.3) is 0 Å². The molecule has 2 aliphatic heterocycles. The predicted molar refractivity (Wildman–Crippen MR) is 105 cm³/mol. The fourth-order valence-electron chi connectivity index (χ4n) is 3.84. The molecule has 1 N–H and O–H groups in total. The van der Waals surface area contributed by atoms with Crippen molar-refractivity contribution in [3.05, 3.63) is 53.6 Å². The van der Waals surface area contributed by atoms with Gasteiger partial charge < -0.3 is 19.7 Å². The lowest BCUT2D eigenvalue weighted by Gasteiger charge is -2.25. The Morgan fingerprint density at radius 2 is 2.07 bits per heavy atom. The van der Waals surface area contributed by atoms with Crippen molar-refractivity contribution in [3.63, 3.8) is 0 Å². The van der Waals surface area contributed by atoms with Crippen LogP contribution in [-0.2, 0) is 17.8 Å². The number of rotatable bonds is 5. The molecule has 2 aromatic carbocycles. The smallest absolute Gasteiger partial charge is 0.227 e. The van der Waals surface area contributed by atoms with Crippen molar-refractivity contribution in [1.29, 1.82) is 0 Å². The van der Waals surface area contributed by atoms with Crippen LogP contribution in [0, 0.1) is 5.92 Å². The van der Waals surface area contributed by atoms with Gasteiger partial charge in [0.2, 0.25) is 5.91 Å². The molecule has 0 bridgehead atoms. The molecule has 142 valence electrons. The molecule has 0 aromatic heterocycles. The molecule has 1 saturated heterocycles. The van der Waals surface area contributed by atoms with E-state index in [2.05, 4.69) is 34.5 Å². The van der Waals surface area contributed by atoms with E-state index in [1.54, 1.807) is 7.11 Å². The summed E-state index contributed by atoms with van der Waals surface area (Å²) in [7, 11) is 1.64. The Balaban J connectivity index is 1.36. The van der Waals surface area contributed by atoms with Gasteiger partial charge in [0.15, 0.2) is 0 Å². The highest BCUT2D eigenvalue weighted by Gasteiger charge is 2.26. The Labute approximate surface area is 160 Å². The van der Waals surface area contributed by atoms with Crippen molar-refractivity contribution < 1.29 is 14.3 Å². The molecule has 1 fully saturated rings. The van der Waals surface area contributed by atoms with Crippen molar-refractivity contribution in [2.75, 3.05) is 31.7 Å². The first-order valence-electron chi connectivity index (χ1n) is 9.64. The Hall–Kier alpha value is -2.69. The predicted octanol–water partition coefficient (Wildman–Crippen LogP) is 3.16. The van der Waals surface area contributed by atoms with E-state index in [0.717, 1.165) is 35.7 Å². The second kappa shape index (κ2) is 7.91. The van der Waals surface area contributed by atoms with Crippen LogP contribution in [0.15, 0.2) is 42.5 Å². The first-order chi connectivity index (χ1) is 13.2. The zero-order valence-electron chi connectivity index (χ0n) is 15.7. The number of ether oxygens (including phenoxy) is 2. The summed E-state index contributed by atoms with van der Waals surface area (Å²) in [6.07, 6.45) is 3.19. The summed E-state index contributed by atoms with van der Waals surface area (Å²) in [5, 5.41) is 3.08. The summed E-state index contributed by atoms with van der Waals surface area (Å²) in [5.41, 5.74) is 3.41. The van der Waals surface area contributed by atoms with Gasteiger partial charge in [0.1, 0.15) is 18.1 Å². The molecule has 2 aromatic rings. The average molecular weight is 366 g/mol. The SMILES string of the molecule is COc1ccc2c(c1)C[C@@H](C(=O)NCc1cccc(N3CCCC3)c1)CO2. The Morgan fingerprint density at radius 1 is 1.22 bits per heavy atom.